The van der Waals surface area contributed by atoms with Crippen molar-refractivity contribution in [3.05, 3.63) is 71.3 Å². The zero-order chi connectivity index (χ0) is 17.4. The number of benzene rings is 2. The molecule has 2 rings (SSSR count). The molecule has 6 nitrogen and oxygen atoms in total. The van der Waals surface area contributed by atoms with E-state index in [2.05, 4.69) is 4.79 Å². The molecular formula is C18H16N2O4. The Bertz CT molecular complexity index is 781. The van der Waals surface area contributed by atoms with Crippen LogP contribution < -0.4 is 4.74 Å². The highest BCUT2D eigenvalue weighted by Gasteiger charge is 2.33. The van der Waals surface area contributed by atoms with E-state index in [1.165, 1.54) is 6.07 Å². The van der Waals surface area contributed by atoms with Gasteiger partial charge in [0.15, 0.2) is 0 Å². The number of Topliss-reactive ketones (excluding diaryl/α,β-unsaturated/α-hetero) is 1. The molecule has 0 aromatic heterocycles. The molecule has 0 fully saturated rings. The molecule has 0 amide bonds. The van der Waals surface area contributed by atoms with E-state index in [1.54, 1.807) is 25.1 Å². The predicted molar refractivity (Wildman–Crippen MR) is 86.8 cm³/mol. The summed E-state index contributed by atoms with van der Waals surface area (Å²) in [6.45, 7) is 1.92. The van der Waals surface area contributed by atoms with Gasteiger partial charge in [-0.15, -0.1) is 0 Å². The van der Waals surface area contributed by atoms with Gasteiger partial charge in [-0.05, 0) is 24.6 Å². The normalized spacial score (nSPS) is 9.71. The van der Waals surface area contributed by atoms with Gasteiger partial charge in [0.05, 0.1) is 12.2 Å². The van der Waals surface area contributed by atoms with Gasteiger partial charge in [0.1, 0.15) is 12.4 Å². The van der Waals surface area contributed by atoms with E-state index in [-0.39, 0.29) is 24.5 Å². The Hall–Kier alpha value is -3.24. The predicted octanol–water partition coefficient (Wildman–Crippen LogP) is 2.68. The standard InChI is InChI=1S/C18H16N2O4/c1-2-23-18(22)16(20-19)17(21)14-10-6-7-11-15(14)24-12-13-8-4-3-5-9-13/h3-11H,2,12H2,1H3. The van der Waals surface area contributed by atoms with E-state index in [1.807, 2.05) is 30.3 Å². The van der Waals surface area contributed by atoms with Crippen molar-refractivity contribution >= 4 is 17.5 Å². The van der Waals surface area contributed by atoms with Gasteiger partial charge in [-0.1, -0.05) is 42.5 Å². The SMILES string of the molecule is CCOC(=O)C(=[N+]=[N-])C(=O)c1ccccc1OCc1ccccc1. The van der Waals surface area contributed by atoms with Gasteiger partial charge in [0, 0.05) is 0 Å². The molecule has 0 bridgehead atoms. The van der Waals surface area contributed by atoms with Crippen LogP contribution in [0.5, 0.6) is 5.75 Å². The first-order valence-corrected chi connectivity index (χ1v) is 7.37. The van der Waals surface area contributed by atoms with Crippen LogP contribution in [-0.4, -0.2) is 28.9 Å². The van der Waals surface area contributed by atoms with E-state index in [0.29, 0.717) is 0 Å². The second kappa shape index (κ2) is 8.41. The summed E-state index contributed by atoms with van der Waals surface area (Å²) in [5, 5.41) is 0. The summed E-state index contributed by atoms with van der Waals surface area (Å²) < 4.78 is 10.4. The fraction of sp³-hybridized carbons (Fsp3) is 0.167. The molecule has 122 valence electrons. The fourth-order valence-corrected chi connectivity index (χ4v) is 2.02. The molecule has 2 aromatic carbocycles. The van der Waals surface area contributed by atoms with Crippen molar-refractivity contribution in [3.63, 3.8) is 0 Å². The van der Waals surface area contributed by atoms with Crippen LogP contribution in [-0.2, 0) is 16.1 Å². The Morgan fingerprint density at radius 1 is 1.04 bits per heavy atom. The molecule has 0 heterocycles. The van der Waals surface area contributed by atoms with Crippen LogP contribution in [0.1, 0.15) is 22.8 Å². The van der Waals surface area contributed by atoms with Crippen molar-refractivity contribution in [2.24, 2.45) is 0 Å². The van der Waals surface area contributed by atoms with Crippen molar-refractivity contribution in [1.29, 1.82) is 0 Å². The molecule has 0 unspecified atom stereocenters. The molecule has 24 heavy (non-hydrogen) atoms. The van der Waals surface area contributed by atoms with Crippen LogP contribution in [0.2, 0.25) is 0 Å². The molecule has 0 atom stereocenters. The van der Waals surface area contributed by atoms with Crippen molar-refractivity contribution in [2.45, 2.75) is 13.5 Å². The van der Waals surface area contributed by atoms with Gasteiger partial charge in [-0.2, -0.15) is 4.79 Å². The van der Waals surface area contributed by atoms with E-state index < -0.39 is 17.5 Å². The number of carbonyl (C=O) groups is 2. The molecule has 0 radical (unpaired) electrons. The lowest BCUT2D eigenvalue weighted by Crippen LogP contribution is -2.28. The number of esters is 1. The lowest BCUT2D eigenvalue weighted by molar-refractivity contribution is -0.139. The third-order valence-corrected chi connectivity index (χ3v) is 3.15. The Morgan fingerprint density at radius 2 is 1.71 bits per heavy atom. The number of hydrogen-bond donors (Lipinski definition) is 0. The summed E-state index contributed by atoms with van der Waals surface area (Å²) >= 11 is 0. The minimum Gasteiger partial charge on any atom is -0.488 e. The first kappa shape index (κ1) is 17.1. The molecule has 0 N–H and O–H groups in total. The molecule has 2 aromatic rings. The van der Waals surface area contributed by atoms with Crippen molar-refractivity contribution in [3.8, 4) is 5.75 Å². The van der Waals surface area contributed by atoms with Gasteiger partial charge in [-0.25, -0.2) is 4.79 Å². The third kappa shape index (κ3) is 4.15. The Balaban J connectivity index is 2.23. The van der Waals surface area contributed by atoms with Crippen LogP contribution in [0.15, 0.2) is 54.6 Å². The lowest BCUT2D eigenvalue weighted by Gasteiger charge is -2.09. The molecule has 6 heteroatoms. The number of rotatable bonds is 7. The van der Waals surface area contributed by atoms with Crippen LogP contribution in [0, 0.1) is 0 Å². The first-order valence-electron chi connectivity index (χ1n) is 7.37. The van der Waals surface area contributed by atoms with Crippen molar-refractivity contribution in [1.82, 2.24) is 0 Å². The first-order chi connectivity index (χ1) is 11.7. The number of para-hydroxylation sites is 1. The van der Waals surface area contributed by atoms with Gasteiger partial charge >= 0.3 is 11.7 Å². The number of ketones is 1. The van der Waals surface area contributed by atoms with Gasteiger partial charge in [-0.3, -0.25) is 4.79 Å². The molecule has 0 spiro atoms. The van der Waals surface area contributed by atoms with Crippen molar-refractivity contribution in [2.75, 3.05) is 6.61 Å². The molecule has 0 aliphatic carbocycles. The number of nitrogens with zero attached hydrogens (tertiary/aromatic N) is 2. The highest BCUT2D eigenvalue weighted by molar-refractivity contribution is 6.65. The van der Waals surface area contributed by atoms with Crippen LogP contribution in [0.4, 0.5) is 0 Å². The molecule has 0 aliphatic rings. The van der Waals surface area contributed by atoms with Crippen LogP contribution >= 0.6 is 0 Å². The number of ether oxygens (including phenoxy) is 2. The molecule has 0 saturated heterocycles. The summed E-state index contributed by atoms with van der Waals surface area (Å²) in [6.07, 6.45) is 0. The zero-order valence-electron chi connectivity index (χ0n) is 13.1. The van der Waals surface area contributed by atoms with Gasteiger partial charge in [0.2, 0.25) is 0 Å². The van der Waals surface area contributed by atoms with E-state index >= 15 is 0 Å². The fourth-order valence-electron chi connectivity index (χ4n) is 2.02. The number of carbonyl (C=O) groups excluding carboxylic acids is 2. The molecule has 0 aliphatic heterocycles. The summed E-state index contributed by atoms with van der Waals surface area (Å²) in [4.78, 5) is 26.9. The van der Waals surface area contributed by atoms with E-state index in [0.717, 1.165) is 5.56 Å². The summed E-state index contributed by atoms with van der Waals surface area (Å²) in [7, 11) is 0. The summed E-state index contributed by atoms with van der Waals surface area (Å²) in [5.74, 6) is -1.46. The maximum absolute atomic E-state index is 12.5. The van der Waals surface area contributed by atoms with E-state index in [9.17, 15) is 9.59 Å². The summed E-state index contributed by atoms with van der Waals surface area (Å²) in [5.41, 5.74) is 9.34. The topological polar surface area (TPSA) is 89.0 Å². The average molecular weight is 324 g/mol. The van der Waals surface area contributed by atoms with Gasteiger partial charge < -0.3 is 15.0 Å². The second-order valence-corrected chi connectivity index (χ2v) is 4.77. The maximum atomic E-state index is 12.5. The molecule has 0 saturated carbocycles. The average Bonchev–Trinajstić information content (AvgIpc) is 2.62. The number of hydrogen-bond acceptors (Lipinski definition) is 4. The quantitative estimate of drug-likeness (QED) is 0.196. The van der Waals surface area contributed by atoms with Crippen LogP contribution in [0.3, 0.4) is 0 Å². The van der Waals surface area contributed by atoms with E-state index in [4.69, 9.17) is 15.0 Å². The smallest absolute Gasteiger partial charge is 0.446 e. The Morgan fingerprint density at radius 3 is 2.38 bits per heavy atom. The zero-order valence-corrected chi connectivity index (χ0v) is 13.1. The van der Waals surface area contributed by atoms with Crippen molar-refractivity contribution < 1.29 is 23.9 Å². The monoisotopic (exact) mass is 324 g/mol. The third-order valence-electron chi connectivity index (χ3n) is 3.15. The largest absolute Gasteiger partial charge is 0.488 e. The maximum Gasteiger partial charge on any atom is 0.446 e. The summed E-state index contributed by atoms with van der Waals surface area (Å²) in [6, 6.07) is 15.9. The second-order valence-electron chi connectivity index (χ2n) is 4.77. The highest BCUT2D eigenvalue weighted by Crippen LogP contribution is 2.20. The molecular weight excluding hydrogens is 308 g/mol. The van der Waals surface area contributed by atoms with Crippen LogP contribution in [0.25, 0.3) is 5.53 Å². The lowest BCUT2D eigenvalue weighted by atomic mass is 10.1. The highest BCUT2D eigenvalue weighted by atomic mass is 16.5. The minimum atomic E-state index is -0.983. The Labute approximate surface area is 139 Å². The Kier molecular flexibility index (Phi) is 6.00. The van der Waals surface area contributed by atoms with Gasteiger partial charge in [0.25, 0.3) is 5.78 Å². The minimum absolute atomic E-state index is 0.0668.